The van der Waals surface area contributed by atoms with E-state index in [4.69, 9.17) is 12.2 Å². The van der Waals surface area contributed by atoms with Crippen molar-refractivity contribution in [3.63, 3.8) is 0 Å². The van der Waals surface area contributed by atoms with Crippen LogP contribution in [0.15, 0.2) is 64.6 Å². The summed E-state index contributed by atoms with van der Waals surface area (Å²) in [6.45, 7) is 3.85. The number of nitrogens with one attached hydrogen (secondary N) is 1. The lowest BCUT2D eigenvalue weighted by atomic mass is 10.1. The Morgan fingerprint density at radius 2 is 1.82 bits per heavy atom. The zero-order valence-electron chi connectivity index (χ0n) is 17.6. The fourth-order valence-electron chi connectivity index (χ4n) is 3.76. The van der Waals surface area contributed by atoms with Crippen LogP contribution >= 0.6 is 28.1 Å². The van der Waals surface area contributed by atoms with E-state index in [0.717, 1.165) is 26.4 Å². The Morgan fingerprint density at radius 1 is 1.09 bits per heavy atom. The van der Waals surface area contributed by atoms with Gasteiger partial charge in [0.05, 0.1) is 16.9 Å². The Labute approximate surface area is 203 Å². The van der Waals surface area contributed by atoms with Crippen LogP contribution in [0.2, 0.25) is 0 Å². The smallest absolute Gasteiger partial charge is 0.335 e. The summed E-state index contributed by atoms with van der Waals surface area (Å²) in [5.74, 6) is -2.37. The number of halogens is 1. The highest BCUT2D eigenvalue weighted by atomic mass is 79.9. The first-order valence-corrected chi connectivity index (χ1v) is 11.1. The molecular weight excluding hydrogens is 506 g/mol. The Kier molecular flexibility index (Phi) is 6.01. The van der Waals surface area contributed by atoms with Crippen molar-refractivity contribution < 1.29 is 19.5 Å². The number of carbonyl (C=O) groups is 3. The number of para-hydroxylation sites is 1. The average Bonchev–Trinajstić information content (AvgIpc) is 3.04. The van der Waals surface area contributed by atoms with Crippen molar-refractivity contribution >= 4 is 62.8 Å². The van der Waals surface area contributed by atoms with Crippen molar-refractivity contribution in [2.45, 2.75) is 13.8 Å². The van der Waals surface area contributed by atoms with Crippen molar-refractivity contribution in [2.75, 3.05) is 4.90 Å². The first-order chi connectivity index (χ1) is 15.7. The Morgan fingerprint density at radius 3 is 2.52 bits per heavy atom. The van der Waals surface area contributed by atoms with Gasteiger partial charge >= 0.3 is 5.97 Å². The highest BCUT2D eigenvalue weighted by Crippen LogP contribution is 2.29. The van der Waals surface area contributed by atoms with E-state index in [1.165, 1.54) is 24.3 Å². The molecule has 2 heterocycles. The predicted octanol–water partition coefficient (Wildman–Crippen LogP) is 4.39. The third-order valence-corrected chi connectivity index (χ3v) is 6.27. The number of anilines is 1. The number of nitrogens with zero attached hydrogens (tertiary/aromatic N) is 2. The van der Waals surface area contributed by atoms with Gasteiger partial charge in [-0.2, -0.15) is 0 Å². The number of aromatic nitrogens is 1. The van der Waals surface area contributed by atoms with E-state index < -0.39 is 17.8 Å². The standard InChI is InChI=1S/C24H18BrN3O4S/c1-13-10-16(14(2)27(13)20-9-4-3-8-19(20)25)12-18-21(29)26-24(33)28(22(18)30)17-7-5-6-15(11-17)23(31)32/h3-12H,1-2H3,(H,31,32)(H,26,29,33). The molecule has 4 rings (SSSR count). The number of hydrogen-bond donors (Lipinski definition) is 2. The molecule has 33 heavy (non-hydrogen) atoms. The fraction of sp³-hybridized carbons (Fsp3) is 0.0833. The SMILES string of the molecule is Cc1cc(C=C2C(=O)NC(=S)N(c3cccc(C(=O)O)c3)C2=O)c(C)n1-c1ccccc1Br. The molecular formula is C24H18BrN3O4S. The van der Waals surface area contributed by atoms with E-state index in [-0.39, 0.29) is 21.9 Å². The van der Waals surface area contributed by atoms with Gasteiger partial charge in [-0.15, -0.1) is 0 Å². The molecule has 1 aliphatic rings. The number of benzene rings is 2. The minimum Gasteiger partial charge on any atom is -0.478 e. The van der Waals surface area contributed by atoms with E-state index in [9.17, 15) is 19.5 Å². The minimum atomic E-state index is -1.13. The van der Waals surface area contributed by atoms with Crippen molar-refractivity contribution in [1.29, 1.82) is 0 Å². The summed E-state index contributed by atoms with van der Waals surface area (Å²) in [6, 6.07) is 15.5. The summed E-state index contributed by atoms with van der Waals surface area (Å²) < 4.78 is 2.94. The molecule has 7 nitrogen and oxygen atoms in total. The molecule has 3 aromatic rings. The van der Waals surface area contributed by atoms with Gasteiger partial charge in [-0.05, 0) is 90.0 Å². The van der Waals surface area contributed by atoms with Crippen molar-refractivity contribution in [3.05, 3.63) is 87.2 Å². The van der Waals surface area contributed by atoms with Crippen molar-refractivity contribution in [3.8, 4) is 5.69 Å². The molecule has 2 aromatic carbocycles. The van der Waals surface area contributed by atoms with Crippen molar-refractivity contribution in [2.24, 2.45) is 0 Å². The maximum Gasteiger partial charge on any atom is 0.335 e. The lowest BCUT2D eigenvalue weighted by Crippen LogP contribution is -2.54. The lowest BCUT2D eigenvalue weighted by molar-refractivity contribution is -0.122. The fourth-order valence-corrected chi connectivity index (χ4v) is 4.51. The molecule has 0 saturated carbocycles. The van der Waals surface area contributed by atoms with Crippen LogP contribution in [0.1, 0.15) is 27.3 Å². The summed E-state index contributed by atoms with van der Waals surface area (Å²) in [4.78, 5) is 38.5. The van der Waals surface area contributed by atoms with Crippen LogP contribution in [0.5, 0.6) is 0 Å². The largest absolute Gasteiger partial charge is 0.478 e. The Balaban J connectivity index is 1.78. The predicted molar refractivity (Wildman–Crippen MR) is 133 cm³/mol. The van der Waals surface area contributed by atoms with Crippen LogP contribution in [0, 0.1) is 13.8 Å². The summed E-state index contributed by atoms with van der Waals surface area (Å²) in [5.41, 5.74) is 3.57. The number of rotatable bonds is 4. The molecule has 2 amide bonds. The second-order valence-corrected chi connectivity index (χ2v) is 8.67. The molecule has 1 saturated heterocycles. The van der Waals surface area contributed by atoms with Gasteiger partial charge in [0.25, 0.3) is 11.8 Å². The van der Waals surface area contributed by atoms with Crippen LogP contribution in [0.3, 0.4) is 0 Å². The third kappa shape index (κ3) is 4.12. The monoisotopic (exact) mass is 523 g/mol. The first kappa shape index (κ1) is 22.6. The number of aromatic carboxylic acids is 1. The number of carboxylic acid groups (broad SMARTS) is 1. The van der Waals surface area contributed by atoms with E-state index >= 15 is 0 Å². The maximum absolute atomic E-state index is 13.3. The van der Waals surface area contributed by atoms with Gasteiger partial charge in [-0.3, -0.25) is 19.8 Å². The highest BCUT2D eigenvalue weighted by Gasteiger charge is 2.35. The van der Waals surface area contributed by atoms with Gasteiger partial charge < -0.3 is 9.67 Å². The molecule has 1 fully saturated rings. The van der Waals surface area contributed by atoms with Gasteiger partial charge in [-0.25, -0.2) is 4.79 Å². The average molecular weight is 524 g/mol. The van der Waals surface area contributed by atoms with Crippen LogP contribution in [-0.2, 0) is 9.59 Å². The molecule has 0 aliphatic carbocycles. The summed E-state index contributed by atoms with van der Waals surface area (Å²) in [5, 5.41) is 11.7. The van der Waals surface area contributed by atoms with Gasteiger partial charge in [0.15, 0.2) is 5.11 Å². The van der Waals surface area contributed by atoms with Crippen molar-refractivity contribution in [1.82, 2.24) is 9.88 Å². The summed E-state index contributed by atoms with van der Waals surface area (Å²) in [7, 11) is 0. The Hall–Kier alpha value is -3.56. The van der Waals surface area contributed by atoms with E-state index in [2.05, 4.69) is 21.2 Å². The zero-order chi connectivity index (χ0) is 23.9. The van der Waals surface area contributed by atoms with Crippen LogP contribution in [0.4, 0.5) is 5.69 Å². The quantitative estimate of drug-likeness (QED) is 0.300. The van der Waals surface area contributed by atoms with E-state index in [0.29, 0.717) is 5.56 Å². The van der Waals surface area contributed by atoms with Gasteiger partial charge in [-0.1, -0.05) is 18.2 Å². The summed E-state index contributed by atoms with van der Waals surface area (Å²) in [6.07, 6.45) is 1.53. The number of amides is 2. The van der Waals surface area contributed by atoms with Crippen LogP contribution in [-0.4, -0.2) is 32.6 Å². The summed E-state index contributed by atoms with van der Waals surface area (Å²) >= 11 is 8.78. The number of carboxylic acids is 1. The molecule has 166 valence electrons. The molecule has 1 aliphatic heterocycles. The normalized spacial score (nSPS) is 15.2. The molecule has 0 atom stereocenters. The maximum atomic E-state index is 13.3. The second kappa shape index (κ2) is 8.76. The molecule has 0 spiro atoms. The van der Waals surface area contributed by atoms with Gasteiger partial charge in [0.1, 0.15) is 5.57 Å². The van der Waals surface area contributed by atoms with E-state index in [1.807, 2.05) is 48.7 Å². The molecule has 1 aromatic heterocycles. The third-order valence-electron chi connectivity index (χ3n) is 5.32. The lowest BCUT2D eigenvalue weighted by Gasteiger charge is -2.29. The van der Waals surface area contributed by atoms with Gasteiger partial charge in [0, 0.05) is 15.9 Å². The zero-order valence-corrected chi connectivity index (χ0v) is 20.0. The minimum absolute atomic E-state index is 0.00233. The Bertz CT molecular complexity index is 1380. The van der Waals surface area contributed by atoms with Crippen LogP contribution in [0.25, 0.3) is 11.8 Å². The molecule has 9 heteroatoms. The molecule has 0 bridgehead atoms. The van der Waals surface area contributed by atoms with Crippen LogP contribution < -0.4 is 10.2 Å². The molecule has 0 unspecified atom stereocenters. The highest BCUT2D eigenvalue weighted by molar-refractivity contribution is 9.10. The first-order valence-electron chi connectivity index (χ1n) is 9.87. The number of aryl methyl sites for hydroxylation is 1. The topological polar surface area (TPSA) is 91.6 Å². The second-order valence-electron chi connectivity index (χ2n) is 7.43. The number of thiocarbonyl (C=S) groups is 1. The van der Waals surface area contributed by atoms with E-state index in [1.54, 1.807) is 6.07 Å². The molecule has 2 N–H and O–H groups in total. The number of hydrogen-bond acceptors (Lipinski definition) is 4. The number of carbonyl (C=O) groups excluding carboxylic acids is 2. The molecule has 0 radical (unpaired) electrons. The van der Waals surface area contributed by atoms with Gasteiger partial charge in [0.2, 0.25) is 0 Å².